The topological polar surface area (TPSA) is 84.3 Å². The quantitative estimate of drug-likeness (QED) is 0.842. The fraction of sp³-hybridized carbons (Fsp3) is 0.333. The molecule has 112 valence electrons. The molecule has 2 aromatic heterocycles. The van der Waals surface area contributed by atoms with E-state index in [2.05, 4.69) is 10.3 Å². The van der Waals surface area contributed by atoms with Crippen LogP contribution in [0, 0.1) is 13.8 Å². The average molecular weight is 290 g/mol. The van der Waals surface area contributed by atoms with Gasteiger partial charge in [-0.3, -0.25) is 9.59 Å². The van der Waals surface area contributed by atoms with E-state index in [0.29, 0.717) is 11.3 Å². The van der Waals surface area contributed by atoms with Crippen molar-refractivity contribution in [2.24, 2.45) is 0 Å². The minimum atomic E-state index is -0.277. The van der Waals surface area contributed by atoms with Crippen molar-refractivity contribution < 1.29 is 13.9 Å². The summed E-state index contributed by atoms with van der Waals surface area (Å²) in [7, 11) is 0. The first-order chi connectivity index (χ1) is 10.1. The summed E-state index contributed by atoms with van der Waals surface area (Å²) in [6.45, 7) is 4.01. The van der Waals surface area contributed by atoms with Crippen LogP contribution in [0.4, 0.5) is 0 Å². The monoisotopic (exact) mass is 290 g/mol. The number of ether oxygens (including phenoxy) is 1. The Bertz CT molecular complexity index is 659. The summed E-state index contributed by atoms with van der Waals surface area (Å²) in [6.07, 6.45) is 1.55. The Balaban J connectivity index is 1.80. The molecule has 2 N–H and O–H groups in total. The predicted molar refractivity (Wildman–Crippen MR) is 76.7 cm³/mol. The fourth-order valence-electron chi connectivity index (χ4n) is 1.98. The zero-order chi connectivity index (χ0) is 15.2. The summed E-state index contributed by atoms with van der Waals surface area (Å²) in [5.74, 6) is 0.384. The summed E-state index contributed by atoms with van der Waals surface area (Å²) in [6, 6.07) is 5.40. The van der Waals surface area contributed by atoms with E-state index in [0.717, 1.165) is 11.3 Å². The lowest BCUT2D eigenvalue weighted by Gasteiger charge is -2.08. The molecule has 6 nitrogen and oxygen atoms in total. The second-order valence-corrected chi connectivity index (χ2v) is 4.79. The van der Waals surface area contributed by atoms with Crippen molar-refractivity contribution in [3.8, 4) is 0 Å². The number of carbonyl (C=O) groups excluding carboxylic acids is 1. The highest BCUT2D eigenvalue weighted by Crippen LogP contribution is 2.03. The normalized spacial score (nSPS) is 10.6. The summed E-state index contributed by atoms with van der Waals surface area (Å²) in [5.41, 5.74) is 2.03. The van der Waals surface area contributed by atoms with Crippen LogP contribution in [-0.4, -0.2) is 17.5 Å². The Labute approximate surface area is 122 Å². The molecule has 2 aromatic rings. The number of carbonyl (C=O) groups is 1. The molecule has 0 fully saturated rings. The fourth-order valence-corrected chi connectivity index (χ4v) is 1.98. The van der Waals surface area contributed by atoms with Gasteiger partial charge in [-0.15, -0.1) is 0 Å². The largest absolute Gasteiger partial charge is 0.467 e. The molecule has 0 aliphatic rings. The molecule has 1 amide bonds. The number of aromatic nitrogens is 1. The maximum atomic E-state index is 11.8. The van der Waals surface area contributed by atoms with Crippen LogP contribution in [0.3, 0.4) is 0 Å². The van der Waals surface area contributed by atoms with Gasteiger partial charge in [0.15, 0.2) is 0 Å². The first-order valence-corrected chi connectivity index (χ1v) is 6.62. The van der Waals surface area contributed by atoms with Crippen LogP contribution in [0.2, 0.25) is 0 Å². The van der Waals surface area contributed by atoms with Crippen LogP contribution in [0.5, 0.6) is 0 Å². The number of aromatic amines is 1. The van der Waals surface area contributed by atoms with Gasteiger partial charge in [0, 0.05) is 17.8 Å². The number of rotatable bonds is 6. The predicted octanol–water partition coefficient (Wildman–Crippen LogP) is 1.42. The third kappa shape index (κ3) is 4.32. The first kappa shape index (κ1) is 15.1. The second kappa shape index (κ2) is 6.90. The number of furan rings is 1. The molecule has 0 bridgehead atoms. The number of hydrogen-bond acceptors (Lipinski definition) is 4. The zero-order valence-corrected chi connectivity index (χ0v) is 12.1. The van der Waals surface area contributed by atoms with Crippen LogP contribution in [-0.2, 0) is 22.7 Å². The number of amides is 1. The Morgan fingerprint density at radius 1 is 1.43 bits per heavy atom. The summed E-state index contributed by atoms with van der Waals surface area (Å²) < 4.78 is 10.3. The van der Waals surface area contributed by atoms with E-state index in [4.69, 9.17) is 9.15 Å². The van der Waals surface area contributed by atoms with E-state index in [9.17, 15) is 9.59 Å². The molecule has 6 heteroatoms. The summed E-state index contributed by atoms with van der Waals surface area (Å²) >= 11 is 0. The molecule has 0 aliphatic heterocycles. The molecule has 0 spiro atoms. The van der Waals surface area contributed by atoms with Gasteiger partial charge in [-0.2, -0.15) is 0 Å². The molecule has 2 rings (SSSR count). The average Bonchev–Trinajstić information content (AvgIpc) is 2.90. The van der Waals surface area contributed by atoms with Crippen molar-refractivity contribution in [1.29, 1.82) is 0 Å². The van der Waals surface area contributed by atoms with Crippen molar-refractivity contribution in [2.45, 2.75) is 27.0 Å². The highest BCUT2D eigenvalue weighted by Gasteiger charge is 2.08. The smallest absolute Gasteiger partial charge is 0.253 e. The maximum Gasteiger partial charge on any atom is 0.253 e. The minimum absolute atomic E-state index is 0.0798. The van der Waals surface area contributed by atoms with Gasteiger partial charge in [0.05, 0.1) is 6.26 Å². The van der Waals surface area contributed by atoms with E-state index in [1.807, 2.05) is 19.9 Å². The van der Waals surface area contributed by atoms with Gasteiger partial charge in [0.2, 0.25) is 5.91 Å². The van der Waals surface area contributed by atoms with Gasteiger partial charge in [-0.25, -0.2) is 0 Å². The molecular formula is C15H18N2O4. The van der Waals surface area contributed by atoms with Crippen LogP contribution >= 0.6 is 0 Å². The van der Waals surface area contributed by atoms with E-state index < -0.39 is 0 Å². The molecule has 0 radical (unpaired) electrons. The van der Waals surface area contributed by atoms with E-state index in [-0.39, 0.29) is 31.2 Å². The van der Waals surface area contributed by atoms with Crippen LogP contribution in [0.1, 0.15) is 22.6 Å². The first-order valence-electron chi connectivity index (χ1n) is 6.62. The molecule has 0 saturated heterocycles. The Hall–Kier alpha value is -2.34. The van der Waals surface area contributed by atoms with Crippen molar-refractivity contribution in [1.82, 2.24) is 10.3 Å². The van der Waals surface area contributed by atoms with Crippen molar-refractivity contribution in [3.63, 3.8) is 0 Å². The Morgan fingerprint density at radius 2 is 2.24 bits per heavy atom. The number of hydrogen-bond donors (Lipinski definition) is 2. The second-order valence-electron chi connectivity index (χ2n) is 4.79. The van der Waals surface area contributed by atoms with Gasteiger partial charge in [-0.1, -0.05) is 0 Å². The summed E-state index contributed by atoms with van der Waals surface area (Å²) in [5, 5.41) is 2.67. The van der Waals surface area contributed by atoms with Gasteiger partial charge in [0.1, 0.15) is 19.0 Å². The Kier molecular flexibility index (Phi) is 4.94. The highest BCUT2D eigenvalue weighted by atomic mass is 16.5. The molecule has 0 aromatic carbocycles. The summed E-state index contributed by atoms with van der Waals surface area (Å²) in [4.78, 5) is 26.2. The minimum Gasteiger partial charge on any atom is -0.467 e. The van der Waals surface area contributed by atoms with E-state index >= 15 is 0 Å². The molecule has 0 atom stereocenters. The maximum absolute atomic E-state index is 11.8. The van der Waals surface area contributed by atoms with E-state index in [1.54, 1.807) is 18.4 Å². The number of nitrogens with one attached hydrogen (secondary N) is 2. The molecule has 0 aliphatic carbocycles. The van der Waals surface area contributed by atoms with Gasteiger partial charge < -0.3 is 19.5 Å². The molecule has 2 heterocycles. The lowest BCUT2D eigenvalue weighted by molar-refractivity contribution is -0.126. The van der Waals surface area contributed by atoms with Crippen LogP contribution in [0.25, 0.3) is 0 Å². The third-order valence-corrected chi connectivity index (χ3v) is 3.01. The third-order valence-electron chi connectivity index (χ3n) is 3.01. The Morgan fingerprint density at radius 3 is 2.90 bits per heavy atom. The van der Waals surface area contributed by atoms with Gasteiger partial charge in [0.25, 0.3) is 5.56 Å². The van der Waals surface area contributed by atoms with Crippen molar-refractivity contribution in [2.75, 3.05) is 6.61 Å². The SMILES string of the molecule is Cc1cc(C)c(CNC(=O)COCc2ccco2)c(=O)[nH]1. The van der Waals surface area contributed by atoms with Crippen LogP contribution < -0.4 is 10.9 Å². The van der Waals surface area contributed by atoms with Gasteiger partial charge >= 0.3 is 0 Å². The van der Waals surface area contributed by atoms with E-state index in [1.165, 1.54) is 0 Å². The molecule has 21 heavy (non-hydrogen) atoms. The van der Waals surface area contributed by atoms with Crippen LogP contribution in [0.15, 0.2) is 33.7 Å². The van der Waals surface area contributed by atoms with Crippen molar-refractivity contribution >= 4 is 5.91 Å². The number of H-pyrrole nitrogens is 1. The number of pyridine rings is 1. The molecule has 0 unspecified atom stereocenters. The molecular weight excluding hydrogens is 272 g/mol. The number of aryl methyl sites for hydroxylation is 2. The lowest BCUT2D eigenvalue weighted by atomic mass is 10.1. The lowest BCUT2D eigenvalue weighted by Crippen LogP contribution is -2.30. The van der Waals surface area contributed by atoms with Crippen molar-refractivity contribution in [3.05, 3.63) is 57.4 Å². The zero-order valence-electron chi connectivity index (χ0n) is 12.1. The molecule has 0 saturated carbocycles. The standard InChI is InChI=1S/C15H18N2O4/c1-10-6-11(2)17-15(19)13(10)7-16-14(18)9-20-8-12-4-3-5-21-12/h3-6H,7-9H2,1-2H3,(H,16,18)(H,17,19). The highest BCUT2D eigenvalue weighted by molar-refractivity contribution is 5.77. The van der Waals surface area contributed by atoms with Gasteiger partial charge in [-0.05, 0) is 37.6 Å².